The molecule has 6 nitrogen and oxygen atoms in total. The standard InChI is InChI=1S/C15H16O4S.C8H10O2.CH2Cl2.2H2S/c1-12-7-9-14(10-8-12)20(17,18)19-11-15(16)13-5-3-2-4-6-13;9-6-8(10)7-4-2-1-3-5-7;2-1-3;;/h2-10,15-16H,11H2,1H3;1-5,8-10H,6H2;1H2;2*1H2/t15-;8-;;;/m11.../s1/i2D,3D,4D,5D,6D,11D2,15D;1D,2D,3D,4D,5D,6D2,8D;;;. The summed E-state index contributed by atoms with van der Waals surface area (Å²) in [6, 6.07) is -3.88. The Hall–Kier alpha value is -1.27. The lowest BCUT2D eigenvalue weighted by molar-refractivity contribution is 0.0956. The number of hydrogen-bond acceptors (Lipinski definition) is 6. The van der Waals surface area contributed by atoms with Crippen LogP contribution < -0.4 is 0 Å². The Morgan fingerprint density at radius 3 is 1.71 bits per heavy atom. The van der Waals surface area contributed by atoms with E-state index in [-0.39, 0.29) is 32.3 Å². The van der Waals surface area contributed by atoms with Crippen LogP contribution in [0.25, 0.3) is 0 Å². The van der Waals surface area contributed by atoms with Crippen LogP contribution in [0, 0.1) is 6.92 Å². The van der Waals surface area contributed by atoms with Gasteiger partial charge in [-0.25, -0.2) is 0 Å². The van der Waals surface area contributed by atoms with E-state index in [2.05, 4.69) is 4.18 Å². The molecule has 0 amide bonds. The number of alkyl halides is 2. The van der Waals surface area contributed by atoms with E-state index in [1.165, 1.54) is 12.1 Å². The smallest absolute Gasteiger partial charge is 0.297 e. The molecule has 2 atom stereocenters. The fourth-order valence-corrected chi connectivity index (χ4v) is 2.45. The van der Waals surface area contributed by atoms with Gasteiger partial charge in [0.1, 0.15) is 12.2 Å². The normalized spacial score (nSPS) is 20.9. The molecule has 0 saturated heterocycles. The summed E-state index contributed by atoms with van der Waals surface area (Å²) < 4.78 is 149. The lowest BCUT2D eigenvalue weighted by Crippen LogP contribution is -2.13. The van der Waals surface area contributed by atoms with Crippen LogP contribution in [-0.2, 0) is 14.3 Å². The summed E-state index contributed by atoms with van der Waals surface area (Å²) in [6.07, 6.45) is -7.02. The van der Waals surface area contributed by atoms with Crippen LogP contribution in [0.1, 0.15) is 50.8 Å². The predicted octanol–water partition coefficient (Wildman–Crippen LogP) is 4.79. The Kier molecular flexibility index (Phi) is 9.00. The molecule has 196 valence electrons. The molecular weight excluding hydrogens is 551 g/mol. The van der Waals surface area contributed by atoms with Crippen molar-refractivity contribution in [2.45, 2.75) is 24.0 Å². The Bertz CT molecular complexity index is 1740. The minimum atomic E-state index is -4.79. The Morgan fingerprint density at radius 2 is 1.31 bits per heavy atom. The van der Waals surface area contributed by atoms with E-state index in [0.29, 0.717) is 0 Å². The molecule has 3 aromatic carbocycles. The molecule has 0 spiro atoms. The lowest BCUT2D eigenvalue weighted by atomic mass is 10.1. The van der Waals surface area contributed by atoms with Crippen LogP contribution in [0.3, 0.4) is 0 Å². The number of hydrogen-bond donors (Lipinski definition) is 3. The van der Waals surface area contributed by atoms with Gasteiger partial charge in [0.15, 0.2) is 0 Å². The molecule has 0 aliphatic carbocycles. The topological polar surface area (TPSA) is 104 Å². The summed E-state index contributed by atoms with van der Waals surface area (Å²) in [5.41, 5.74) is -1.44. The van der Waals surface area contributed by atoms with Crippen LogP contribution >= 0.6 is 50.2 Å². The maximum absolute atomic E-state index is 12.3. The summed E-state index contributed by atoms with van der Waals surface area (Å²) in [5, 5.41) is 29.3. The number of halogens is 2. The van der Waals surface area contributed by atoms with Crippen molar-refractivity contribution in [2.75, 3.05) is 18.5 Å². The van der Waals surface area contributed by atoms with Crippen molar-refractivity contribution < 1.29 is 49.9 Å². The van der Waals surface area contributed by atoms with Gasteiger partial charge in [0, 0.05) is 0 Å². The highest BCUT2D eigenvalue weighted by atomic mass is 35.5. The zero-order chi connectivity index (χ0) is 38.8. The van der Waals surface area contributed by atoms with Crippen LogP contribution in [0.15, 0.2) is 89.6 Å². The van der Waals surface area contributed by atoms with E-state index < -0.39 is 112 Å². The monoisotopic (exact) mass is 598 g/mol. The Balaban J connectivity index is 0. The maximum Gasteiger partial charge on any atom is 0.297 e. The molecule has 35 heavy (non-hydrogen) atoms. The van der Waals surface area contributed by atoms with Gasteiger partial charge in [0.25, 0.3) is 10.1 Å². The second-order valence-corrected chi connectivity index (χ2v) is 7.72. The molecule has 0 saturated carbocycles. The average Bonchev–Trinajstić information content (AvgIpc) is 2.96. The summed E-state index contributed by atoms with van der Waals surface area (Å²) >= 11 is 9.53. The van der Waals surface area contributed by atoms with Gasteiger partial charge < -0.3 is 15.3 Å². The number of benzene rings is 3. The highest BCUT2D eigenvalue weighted by molar-refractivity contribution is 7.86. The highest BCUT2D eigenvalue weighted by Crippen LogP contribution is 2.18. The van der Waals surface area contributed by atoms with Gasteiger partial charge >= 0.3 is 0 Å². The van der Waals surface area contributed by atoms with Gasteiger partial charge in [-0.3, -0.25) is 4.18 Å². The van der Waals surface area contributed by atoms with Gasteiger partial charge in [0.05, 0.1) is 45.3 Å². The number of rotatable bonds is 7. The molecule has 3 rings (SSSR count). The molecule has 3 N–H and O–H groups in total. The first kappa shape index (κ1) is 15.9. The average molecular weight is 600 g/mol. The third-order valence-corrected chi connectivity index (χ3v) is 4.29. The van der Waals surface area contributed by atoms with Crippen molar-refractivity contribution in [3.63, 3.8) is 0 Å². The summed E-state index contributed by atoms with van der Waals surface area (Å²) in [7, 11) is -4.79. The SMILES string of the molecule is ClCCl.S.S.[2H]c1c([2H])c([2H])c([C@]([2H])(O)C([2H])([2H])O)c([2H])c1[2H].[2H]c1c([2H])c([2H])c([C@]([2H])(O)C([2H])([2H])OS(=O)(=O)c2ccc(C)cc2)c([2H])c1[2H]. The van der Waals surface area contributed by atoms with E-state index in [9.17, 15) is 18.6 Å². The molecule has 0 aliphatic rings. The van der Waals surface area contributed by atoms with Crippen molar-refractivity contribution >= 4 is 60.3 Å². The molecule has 0 heterocycles. The highest BCUT2D eigenvalue weighted by Gasteiger charge is 2.18. The quantitative estimate of drug-likeness (QED) is 0.267. The molecule has 11 heteroatoms. The molecule has 0 radical (unpaired) electrons. The summed E-state index contributed by atoms with van der Waals surface area (Å²) in [5.74, 6) is 0. The van der Waals surface area contributed by atoms with Gasteiger partial charge in [0.2, 0.25) is 0 Å². The molecule has 0 aliphatic heterocycles. The van der Waals surface area contributed by atoms with E-state index in [1.807, 2.05) is 0 Å². The van der Waals surface area contributed by atoms with Gasteiger partial charge in [-0.2, -0.15) is 35.4 Å². The second-order valence-electron chi connectivity index (χ2n) is 5.36. The van der Waals surface area contributed by atoms with Crippen molar-refractivity contribution in [3.8, 4) is 0 Å². The Labute approximate surface area is 254 Å². The molecule has 0 fully saturated rings. The van der Waals surface area contributed by atoms with E-state index in [4.69, 9.17) is 50.2 Å². The third-order valence-electron chi connectivity index (χ3n) is 3.14. The lowest BCUT2D eigenvalue weighted by Gasteiger charge is -2.11. The van der Waals surface area contributed by atoms with E-state index in [1.54, 1.807) is 6.92 Å². The Morgan fingerprint density at radius 1 is 0.914 bits per heavy atom. The van der Waals surface area contributed by atoms with Gasteiger partial charge in [-0.15, -0.1) is 23.2 Å². The zero-order valence-corrected chi connectivity index (χ0v) is 22.1. The predicted molar refractivity (Wildman–Crippen MR) is 152 cm³/mol. The molecule has 0 unspecified atom stereocenters. The molecule has 0 aromatic heterocycles. The third kappa shape index (κ3) is 14.2. The fourth-order valence-electron chi connectivity index (χ4n) is 1.69. The van der Waals surface area contributed by atoms with Crippen LogP contribution in [0.2, 0.25) is 0 Å². The van der Waals surface area contributed by atoms with Gasteiger partial charge in [-0.05, 0) is 30.2 Å². The zero-order valence-electron chi connectivity index (χ0n) is 33.7. The molecular formula is C24H32Cl2O6S3. The summed E-state index contributed by atoms with van der Waals surface area (Å²) in [4.78, 5) is -0.446. The maximum atomic E-state index is 12.3. The van der Waals surface area contributed by atoms with Crippen LogP contribution in [-0.4, -0.2) is 42.2 Å². The molecule has 3 aromatic rings. The number of aliphatic hydroxyl groups is 3. The summed E-state index contributed by atoms with van der Waals surface area (Å²) in [6.45, 7) is -5.48. The molecule has 0 bridgehead atoms. The minimum Gasteiger partial charge on any atom is -0.393 e. The van der Waals surface area contributed by atoms with Crippen molar-refractivity contribution in [1.29, 1.82) is 0 Å². The fraction of sp³-hybridized carbons (Fsp3) is 0.250. The van der Waals surface area contributed by atoms with Gasteiger partial charge in [-0.1, -0.05) is 78.1 Å². The number of aryl methyl sites for hydroxylation is 1. The second kappa shape index (κ2) is 19.9. The first-order chi connectivity index (χ1) is 22.0. The van der Waals surface area contributed by atoms with E-state index >= 15 is 0 Å². The first-order valence-corrected chi connectivity index (χ1v) is 10.9. The van der Waals surface area contributed by atoms with E-state index in [0.717, 1.165) is 17.7 Å². The largest absolute Gasteiger partial charge is 0.393 e. The van der Waals surface area contributed by atoms with Crippen LogP contribution in [0.4, 0.5) is 0 Å². The first-order valence-electron chi connectivity index (χ1n) is 16.4. The van der Waals surface area contributed by atoms with Crippen molar-refractivity contribution in [2.24, 2.45) is 0 Å². The van der Waals surface area contributed by atoms with Crippen molar-refractivity contribution in [1.82, 2.24) is 0 Å². The van der Waals surface area contributed by atoms with Crippen LogP contribution in [0.5, 0.6) is 0 Å². The minimum absolute atomic E-state index is 0. The van der Waals surface area contributed by atoms with Crippen molar-refractivity contribution in [3.05, 3.63) is 101 Å².